The summed E-state index contributed by atoms with van der Waals surface area (Å²) in [5.41, 5.74) is 1.10. The molecular formula is C17H23N3O2S. The first kappa shape index (κ1) is 15.3. The number of aromatic nitrogens is 1. The van der Waals surface area contributed by atoms with Gasteiger partial charge in [0.2, 0.25) is 0 Å². The maximum absolute atomic E-state index is 5.64. The lowest BCUT2D eigenvalue weighted by atomic mass is 9.94. The van der Waals surface area contributed by atoms with Crippen molar-refractivity contribution in [3.8, 4) is 10.8 Å². The fourth-order valence-corrected chi connectivity index (χ4v) is 4.51. The topological polar surface area (TPSA) is 59.3 Å². The van der Waals surface area contributed by atoms with Gasteiger partial charge in [-0.1, -0.05) is 6.42 Å². The standard InChI is InChI=1S/C17H23N3O2S/c1-3-13(15-10-21-8-6-18-15)14(4-1)19-9-12-11-23-17(20-12)16-5-2-7-22-16/h2,5,7,11,13-15,18-19H,1,3-4,6,8-10H2. The molecule has 3 unspecified atom stereocenters. The van der Waals surface area contributed by atoms with E-state index >= 15 is 0 Å². The molecule has 0 spiro atoms. The van der Waals surface area contributed by atoms with Crippen LogP contribution >= 0.6 is 11.3 Å². The van der Waals surface area contributed by atoms with Crippen LogP contribution < -0.4 is 10.6 Å². The average molecular weight is 333 g/mol. The van der Waals surface area contributed by atoms with E-state index in [0.717, 1.165) is 42.8 Å². The zero-order valence-corrected chi connectivity index (χ0v) is 14.0. The third-order valence-corrected chi connectivity index (χ3v) is 5.77. The van der Waals surface area contributed by atoms with Crippen LogP contribution in [0.15, 0.2) is 28.2 Å². The fourth-order valence-electron chi connectivity index (χ4n) is 3.72. The van der Waals surface area contributed by atoms with Gasteiger partial charge in [0.15, 0.2) is 10.8 Å². The van der Waals surface area contributed by atoms with E-state index in [4.69, 9.17) is 9.15 Å². The molecule has 23 heavy (non-hydrogen) atoms. The first-order valence-electron chi connectivity index (χ1n) is 8.43. The summed E-state index contributed by atoms with van der Waals surface area (Å²) in [6.07, 6.45) is 5.53. The minimum absolute atomic E-state index is 0.498. The van der Waals surface area contributed by atoms with Gasteiger partial charge in [0.1, 0.15) is 0 Å². The van der Waals surface area contributed by atoms with Gasteiger partial charge in [0, 0.05) is 30.6 Å². The number of morpholine rings is 1. The van der Waals surface area contributed by atoms with Crippen molar-refractivity contribution in [2.24, 2.45) is 5.92 Å². The van der Waals surface area contributed by atoms with Crippen LogP contribution in [0.25, 0.3) is 10.8 Å². The Labute approximate surface area is 140 Å². The fraction of sp³-hybridized carbons (Fsp3) is 0.588. The number of nitrogens with zero attached hydrogens (tertiary/aromatic N) is 1. The Morgan fingerprint density at radius 1 is 1.39 bits per heavy atom. The van der Waals surface area contributed by atoms with Crippen molar-refractivity contribution in [1.29, 1.82) is 0 Å². The summed E-state index contributed by atoms with van der Waals surface area (Å²) in [6, 6.07) is 4.91. The van der Waals surface area contributed by atoms with Gasteiger partial charge >= 0.3 is 0 Å². The van der Waals surface area contributed by atoms with Crippen LogP contribution in [0, 0.1) is 5.92 Å². The molecule has 2 fully saturated rings. The lowest BCUT2D eigenvalue weighted by molar-refractivity contribution is 0.0524. The zero-order valence-electron chi connectivity index (χ0n) is 13.2. The molecule has 1 aliphatic heterocycles. The highest BCUT2D eigenvalue weighted by atomic mass is 32.1. The lowest BCUT2D eigenvalue weighted by Gasteiger charge is -2.32. The Hall–Kier alpha value is -1.21. The highest BCUT2D eigenvalue weighted by Gasteiger charge is 2.34. The summed E-state index contributed by atoms with van der Waals surface area (Å²) in [4.78, 5) is 4.67. The van der Waals surface area contributed by atoms with Crippen molar-refractivity contribution in [3.05, 3.63) is 29.5 Å². The largest absolute Gasteiger partial charge is 0.462 e. The van der Waals surface area contributed by atoms with Crippen molar-refractivity contribution in [3.63, 3.8) is 0 Å². The second-order valence-corrected chi connectivity index (χ2v) is 7.20. The Morgan fingerprint density at radius 2 is 2.39 bits per heavy atom. The van der Waals surface area contributed by atoms with Crippen LogP contribution in [-0.4, -0.2) is 36.8 Å². The van der Waals surface area contributed by atoms with Crippen molar-refractivity contribution in [1.82, 2.24) is 15.6 Å². The molecule has 2 aromatic rings. The van der Waals surface area contributed by atoms with E-state index in [9.17, 15) is 0 Å². The van der Waals surface area contributed by atoms with Crippen molar-refractivity contribution in [2.75, 3.05) is 19.8 Å². The van der Waals surface area contributed by atoms with Crippen molar-refractivity contribution >= 4 is 11.3 Å². The number of hydrogen-bond donors (Lipinski definition) is 2. The van der Waals surface area contributed by atoms with E-state index in [1.807, 2.05) is 12.1 Å². The number of thiazole rings is 1. The van der Waals surface area contributed by atoms with Crippen molar-refractivity contribution < 1.29 is 9.15 Å². The van der Waals surface area contributed by atoms with Gasteiger partial charge in [-0.15, -0.1) is 11.3 Å². The molecule has 2 aromatic heterocycles. The van der Waals surface area contributed by atoms with Crippen LogP contribution in [0.2, 0.25) is 0 Å². The van der Waals surface area contributed by atoms with Gasteiger partial charge in [0.25, 0.3) is 0 Å². The average Bonchev–Trinajstić information content (AvgIpc) is 3.33. The summed E-state index contributed by atoms with van der Waals surface area (Å²) in [5, 5.41) is 10.4. The second kappa shape index (κ2) is 7.13. The van der Waals surface area contributed by atoms with Gasteiger partial charge in [-0.25, -0.2) is 4.98 Å². The lowest BCUT2D eigenvalue weighted by Crippen LogP contribution is -2.50. The zero-order chi connectivity index (χ0) is 15.5. The Bertz CT molecular complexity index is 607. The molecule has 1 saturated carbocycles. The number of furan rings is 1. The van der Waals surface area contributed by atoms with E-state index < -0.39 is 0 Å². The molecule has 6 heteroatoms. The highest BCUT2D eigenvalue weighted by Crippen LogP contribution is 2.30. The van der Waals surface area contributed by atoms with Crippen LogP contribution in [0.3, 0.4) is 0 Å². The third kappa shape index (κ3) is 3.50. The van der Waals surface area contributed by atoms with Gasteiger partial charge in [-0.3, -0.25) is 0 Å². The molecule has 4 rings (SSSR count). The normalized spacial score (nSPS) is 28.3. The maximum atomic E-state index is 5.64. The quantitative estimate of drug-likeness (QED) is 0.881. The summed E-state index contributed by atoms with van der Waals surface area (Å²) < 4.78 is 11.1. The Morgan fingerprint density at radius 3 is 3.22 bits per heavy atom. The predicted octanol–water partition coefficient (Wildman–Crippen LogP) is 2.65. The molecule has 3 heterocycles. The molecule has 1 aliphatic carbocycles. The smallest absolute Gasteiger partial charge is 0.162 e. The summed E-state index contributed by atoms with van der Waals surface area (Å²) in [6.45, 7) is 3.50. The second-order valence-electron chi connectivity index (χ2n) is 6.34. The van der Waals surface area contributed by atoms with E-state index in [1.165, 1.54) is 19.3 Å². The number of nitrogens with one attached hydrogen (secondary N) is 2. The Balaban J connectivity index is 1.34. The molecule has 3 atom stereocenters. The number of rotatable bonds is 5. The van der Waals surface area contributed by atoms with Gasteiger partial charge in [-0.05, 0) is 30.9 Å². The van der Waals surface area contributed by atoms with Gasteiger partial charge in [0.05, 0.1) is 25.2 Å². The van der Waals surface area contributed by atoms with Gasteiger partial charge < -0.3 is 19.8 Å². The van der Waals surface area contributed by atoms with Crippen LogP contribution in [-0.2, 0) is 11.3 Å². The number of ether oxygens (including phenoxy) is 1. The molecule has 5 nitrogen and oxygen atoms in total. The molecule has 2 N–H and O–H groups in total. The monoisotopic (exact) mass is 333 g/mol. The highest BCUT2D eigenvalue weighted by molar-refractivity contribution is 7.13. The van der Waals surface area contributed by atoms with E-state index in [0.29, 0.717) is 18.0 Å². The van der Waals surface area contributed by atoms with E-state index in [2.05, 4.69) is 21.0 Å². The summed E-state index contributed by atoms with van der Waals surface area (Å²) >= 11 is 1.64. The molecule has 124 valence electrons. The molecular weight excluding hydrogens is 310 g/mol. The van der Waals surface area contributed by atoms with Crippen LogP contribution in [0.4, 0.5) is 0 Å². The minimum atomic E-state index is 0.498. The van der Waals surface area contributed by atoms with Crippen LogP contribution in [0.1, 0.15) is 25.0 Å². The van der Waals surface area contributed by atoms with Crippen molar-refractivity contribution in [2.45, 2.75) is 37.9 Å². The maximum Gasteiger partial charge on any atom is 0.162 e. The summed E-state index contributed by atoms with van der Waals surface area (Å²) in [7, 11) is 0. The first-order chi connectivity index (χ1) is 11.4. The van der Waals surface area contributed by atoms with Gasteiger partial charge in [-0.2, -0.15) is 0 Å². The Kier molecular flexibility index (Phi) is 4.75. The molecule has 0 bridgehead atoms. The third-order valence-electron chi connectivity index (χ3n) is 4.87. The molecule has 0 aromatic carbocycles. The minimum Gasteiger partial charge on any atom is -0.462 e. The SMILES string of the molecule is c1coc(-c2nc(CNC3CCCC3C3COCCN3)cs2)c1. The summed E-state index contributed by atoms with van der Waals surface area (Å²) in [5.74, 6) is 1.52. The van der Waals surface area contributed by atoms with E-state index in [1.54, 1.807) is 17.6 Å². The molecule has 1 saturated heterocycles. The molecule has 0 radical (unpaired) electrons. The first-order valence-corrected chi connectivity index (χ1v) is 9.31. The van der Waals surface area contributed by atoms with Crippen LogP contribution in [0.5, 0.6) is 0 Å². The number of hydrogen-bond acceptors (Lipinski definition) is 6. The molecule has 0 amide bonds. The van der Waals surface area contributed by atoms with E-state index in [-0.39, 0.29) is 0 Å². The molecule has 2 aliphatic rings. The predicted molar refractivity (Wildman–Crippen MR) is 90.4 cm³/mol.